The van der Waals surface area contributed by atoms with E-state index in [1.165, 1.54) is 6.33 Å². The molecule has 0 amide bonds. The largest absolute Gasteiger partial charge is 0.396 e. The summed E-state index contributed by atoms with van der Waals surface area (Å²) in [6.45, 7) is 0.997. The van der Waals surface area contributed by atoms with Crippen molar-refractivity contribution in [2.75, 3.05) is 12.3 Å². The molecule has 2 heterocycles. The summed E-state index contributed by atoms with van der Waals surface area (Å²) in [5, 5.41) is 8.68. The highest BCUT2D eigenvalue weighted by Crippen LogP contribution is 2.14. The molecule has 0 saturated heterocycles. The van der Waals surface area contributed by atoms with Crippen LogP contribution in [0.25, 0.3) is 11.2 Å². The summed E-state index contributed by atoms with van der Waals surface area (Å²) in [5.41, 5.74) is 7.05. The molecule has 0 spiro atoms. The first-order chi connectivity index (χ1) is 7.33. The first kappa shape index (κ1) is 12.7. The fraction of sp³-hybridized carbons (Fsp3) is 0.444. The second-order valence-electron chi connectivity index (χ2n) is 3.30. The van der Waals surface area contributed by atoms with Crippen LogP contribution in [-0.4, -0.2) is 31.2 Å². The van der Waals surface area contributed by atoms with Crippen LogP contribution in [0, 0.1) is 0 Å². The number of anilines is 1. The molecule has 88 valence electrons. The molecule has 0 bridgehead atoms. The van der Waals surface area contributed by atoms with Gasteiger partial charge < -0.3 is 15.4 Å². The number of nitrogen functional groups attached to an aromatic ring is 1. The van der Waals surface area contributed by atoms with Gasteiger partial charge in [-0.25, -0.2) is 15.0 Å². The first-order valence-electron chi connectivity index (χ1n) is 4.85. The van der Waals surface area contributed by atoms with E-state index in [1.54, 1.807) is 6.33 Å². The van der Waals surface area contributed by atoms with Crippen molar-refractivity contribution in [3.8, 4) is 0 Å². The van der Waals surface area contributed by atoms with Crippen LogP contribution >= 0.6 is 12.4 Å². The molecule has 0 saturated carbocycles. The molecule has 6 nitrogen and oxygen atoms in total. The minimum atomic E-state index is 0. The Hall–Kier alpha value is -1.40. The zero-order valence-electron chi connectivity index (χ0n) is 8.70. The van der Waals surface area contributed by atoms with E-state index in [4.69, 9.17) is 10.8 Å². The van der Waals surface area contributed by atoms with Gasteiger partial charge in [-0.15, -0.1) is 12.4 Å². The van der Waals surface area contributed by atoms with Gasteiger partial charge in [0.25, 0.3) is 0 Å². The number of unbranched alkanes of at least 4 members (excludes halogenated alkanes) is 1. The van der Waals surface area contributed by atoms with Gasteiger partial charge in [-0.2, -0.15) is 0 Å². The highest BCUT2D eigenvalue weighted by Gasteiger charge is 2.06. The third kappa shape index (κ3) is 2.40. The fourth-order valence-corrected chi connectivity index (χ4v) is 1.46. The number of imidazole rings is 1. The number of hydrogen-bond acceptors (Lipinski definition) is 5. The Morgan fingerprint density at radius 3 is 2.81 bits per heavy atom. The van der Waals surface area contributed by atoms with Crippen molar-refractivity contribution in [3.05, 3.63) is 12.7 Å². The number of aryl methyl sites for hydroxylation is 1. The van der Waals surface area contributed by atoms with Gasteiger partial charge in [0, 0.05) is 13.2 Å². The predicted octanol–water partition coefficient (Wildman–Crippen LogP) is 0.603. The molecule has 2 rings (SSSR count). The minimum Gasteiger partial charge on any atom is -0.396 e. The van der Waals surface area contributed by atoms with Crippen molar-refractivity contribution in [2.24, 2.45) is 0 Å². The molecule has 0 atom stereocenters. The topological polar surface area (TPSA) is 89.9 Å². The maximum Gasteiger partial charge on any atom is 0.165 e. The maximum absolute atomic E-state index is 8.68. The summed E-state index contributed by atoms with van der Waals surface area (Å²) < 4.78 is 1.92. The second-order valence-corrected chi connectivity index (χ2v) is 3.30. The van der Waals surface area contributed by atoms with Crippen molar-refractivity contribution < 1.29 is 5.11 Å². The Morgan fingerprint density at radius 1 is 1.25 bits per heavy atom. The third-order valence-electron chi connectivity index (χ3n) is 2.24. The van der Waals surface area contributed by atoms with Gasteiger partial charge in [0.1, 0.15) is 11.8 Å². The number of fused-ring (bicyclic) bond motifs is 1. The van der Waals surface area contributed by atoms with Crippen LogP contribution < -0.4 is 5.73 Å². The zero-order valence-corrected chi connectivity index (χ0v) is 9.52. The molecule has 0 radical (unpaired) electrons. The summed E-state index contributed by atoms with van der Waals surface area (Å²) in [4.78, 5) is 12.1. The lowest BCUT2D eigenvalue weighted by molar-refractivity contribution is 0.281. The lowest BCUT2D eigenvalue weighted by atomic mass is 10.3. The van der Waals surface area contributed by atoms with Gasteiger partial charge >= 0.3 is 0 Å². The van der Waals surface area contributed by atoms with Crippen LogP contribution in [0.15, 0.2) is 12.7 Å². The molecule has 0 unspecified atom stereocenters. The molecule has 7 heteroatoms. The van der Waals surface area contributed by atoms with Crippen molar-refractivity contribution in [1.29, 1.82) is 0 Å². The Kier molecular flexibility index (Phi) is 4.45. The number of nitrogens with two attached hydrogens (primary N) is 1. The molecule has 2 aromatic rings. The van der Waals surface area contributed by atoms with E-state index >= 15 is 0 Å². The molecule has 2 aromatic heterocycles. The molecule has 3 N–H and O–H groups in total. The third-order valence-corrected chi connectivity index (χ3v) is 2.24. The monoisotopic (exact) mass is 243 g/mol. The fourth-order valence-electron chi connectivity index (χ4n) is 1.46. The first-order valence-corrected chi connectivity index (χ1v) is 4.85. The van der Waals surface area contributed by atoms with E-state index < -0.39 is 0 Å². The molecule has 0 aliphatic carbocycles. The molecule has 16 heavy (non-hydrogen) atoms. The number of rotatable bonds is 4. The number of aliphatic hydroxyl groups is 1. The summed E-state index contributed by atoms with van der Waals surface area (Å²) in [6, 6.07) is 0. The van der Waals surface area contributed by atoms with Gasteiger partial charge in [0.15, 0.2) is 11.5 Å². The average Bonchev–Trinajstić information content (AvgIpc) is 2.64. The van der Waals surface area contributed by atoms with E-state index in [2.05, 4.69) is 15.0 Å². The zero-order chi connectivity index (χ0) is 10.7. The quantitative estimate of drug-likeness (QED) is 0.768. The molecule has 0 aromatic carbocycles. The second kappa shape index (κ2) is 5.62. The lowest BCUT2D eigenvalue weighted by Gasteiger charge is -2.01. The van der Waals surface area contributed by atoms with Crippen LogP contribution in [0.3, 0.4) is 0 Å². The summed E-state index contributed by atoms with van der Waals surface area (Å²) in [6.07, 6.45) is 4.81. The molecule has 0 aliphatic rings. The summed E-state index contributed by atoms with van der Waals surface area (Å²) >= 11 is 0. The maximum atomic E-state index is 8.68. The van der Waals surface area contributed by atoms with Crippen LogP contribution in [0.5, 0.6) is 0 Å². The summed E-state index contributed by atoms with van der Waals surface area (Å²) in [7, 11) is 0. The van der Waals surface area contributed by atoms with E-state index in [-0.39, 0.29) is 19.0 Å². The molecule has 0 fully saturated rings. The Morgan fingerprint density at radius 2 is 2.06 bits per heavy atom. The minimum absolute atomic E-state index is 0. The average molecular weight is 244 g/mol. The summed E-state index contributed by atoms with van der Waals surface area (Å²) in [5.74, 6) is 0.404. The Balaban J connectivity index is 0.00000128. The Bertz CT molecular complexity index is 458. The standard InChI is InChI=1S/C9H13N5O.ClH/c10-8-7-9(12-5-11-8)14(6-13-7)3-1-2-4-15;/h5-6,15H,1-4H2,(H2,10,11,12);1H. The Labute approximate surface area is 98.9 Å². The number of aromatic nitrogens is 4. The number of halogens is 1. The van der Waals surface area contributed by atoms with Gasteiger partial charge in [0.2, 0.25) is 0 Å². The van der Waals surface area contributed by atoms with Gasteiger partial charge in [0.05, 0.1) is 6.33 Å². The van der Waals surface area contributed by atoms with Crippen LogP contribution in [0.4, 0.5) is 5.82 Å². The van der Waals surface area contributed by atoms with Crippen LogP contribution in [0.1, 0.15) is 12.8 Å². The normalized spacial score (nSPS) is 10.3. The number of aliphatic hydroxyl groups excluding tert-OH is 1. The van der Waals surface area contributed by atoms with E-state index in [1.807, 2.05) is 4.57 Å². The van der Waals surface area contributed by atoms with Crippen molar-refractivity contribution >= 4 is 29.4 Å². The van der Waals surface area contributed by atoms with Crippen LogP contribution in [0.2, 0.25) is 0 Å². The number of nitrogens with zero attached hydrogens (tertiary/aromatic N) is 4. The van der Waals surface area contributed by atoms with Crippen molar-refractivity contribution in [2.45, 2.75) is 19.4 Å². The predicted molar refractivity (Wildman–Crippen MR) is 63.3 cm³/mol. The highest BCUT2D eigenvalue weighted by molar-refractivity contribution is 5.85. The van der Waals surface area contributed by atoms with Gasteiger partial charge in [-0.1, -0.05) is 0 Å². The van der Waals surface area contributed by atoms with Gasteiger partial charge in [-0.05, 0) is 12.8 Å². The molecule has 0 aliphatic heterocycles. The van der Waals surface area contributed by atoms with E-state index in [0.717, 1.165) is 25.0 Å². The highest BCUT2D eigenvalue weighted by atomic mass is 35.5. The van der Waals surface area contributed by atoms with Crippen LogP contribution in [-0.2, 0) is 6.54 Å². The SMILES string of the molecule is Cl.Nc1ncnc2c1ncn2CCCCO. The smallest absolute Gasteiger partial charge is 0.165 e. The lowest BCUT2D eigenvalue weighted by Crippen LogP contribution is -2.00. The molecular weight excluding hydrogens is 230 g/mol. The van der Waals surface area contributed by atoms with E-state index in [0.29, 0.717) is 11.3 Å². The van der Waals surface area contributed by atoms with Crippen molar-refractivity contribution in [1.82, 2.24) is 19.5 Å². The van der Waals surface area contributed by atoms with Gasteiger partial charge in [-0.3, -0.25) is 0 Å². The molecular formula is C9H14ClN5O. The number of hydrogen-bond donors (Lipinski definition) is 2. The van der Waals surface area contributed by atoms with E-state index in [9.17, 15) is 0 Å². The van der Waals surface area contributed by atoms with Crippen molar-refractivity contribution in [3.63, 3.8) is 0 Å².